The molecule has 82 valence electrons. The Morgan fingerprint density at radius 3 is 2.47 bits per heavy atom. The van der Waals surface area contributed by atoms with Crippen molar-refractivity contribution >= 4 is 22.0 Å². The average Bonchev–Trinajstić information content (AvgIpc) is 2.20. The van der Waals surface area contributed by atoms with E-state index in [0.29, 0.717) is 0 Å². The summed E-state index contributed by atoms with van der Waals surface area (Å²) in [5.41, 5.74) is 1.21. The molecule has 0 atom stereocenters. The summed E-state index contributed by atoms with van der Waals surface area (Å²) in [6.45, 7) is 4.06. The van der Waals surface area contributed by atoms with Gasteiger partial charge in [-0.05, 0) is 38.0 Å². The van der Waals surface area contributed by atoms with Crippen molar-refractivity contribution in [3.63, 3.8) is 0 Å². The zero-order chi connectivity index (χ0) is 11.1. The summed E-state index contributed by atoms with van der Waals surface area (Å²) in [5.74, 6) is 0.933. The summed E-state index contributed by atoms with van der Waals surface area (Å²) in [4.78, 5) is 0. The van der Waals surface area contributed by atoms with Crippen LogP contribution < -0.4 is 4.74 Å². The Labute approximate surface area is 100 Å². The van der Waals surface area contributed by atoms with Crippen LogP contribution in [0.15, 0.2) is 30.3 Å². The van der Waals surface area contributed by atoms with E-state index in [2.05, 4.69) is 40.2 Å². The van der Waals surface area contributed by atoms with E-state index in [-0.39, 0.29) is 6.10 Å². The van der Waals surface area contributed by atoms with Crippen LogP contribution in [0.25, 0.3) is 6.08 Å². The Hall–Kier alpha value is -0.760. The number of rotatable bonds is 5. The van der Waals surface area contributed by atoms with Gasteiger partial charge in [0.1, 0.15) is 5.75 Å². The third-order valence-corrected chi connectivity index (χ3v) is 2.30. The number of hydrogen-bond acceptors (Lipinski definition) is 1. The molecule has 0 amide bonds. The molecular formula is C13H17BrO. The number of benzene rings is 1. The van der Waals surface area contributed by atoms with Crippen LogP contribution in [-0.2, 0) is 0 Å². The Morgan fingerprint density at radius 2 is 1.93 bits per heavy atom. The Morgan fingerprint density at radius 1 is 1.27 bits per heavy atom. The molecule has 2 heteroatoms. The highest BCUT2D eigenvalue weighted by molar-refractivity contribution is 9.09. The van der Waals surface area contributed by atoms with E-state index in [0.717, 1.165) is 17.5 Å². The first-order chi connectivity index (χ1) is 7.22. The van der Waals surface area contributed by atoms with Crippen molar-refractivity contribution in [3.8, 4) is 5.75 Å². The summed E-state index contributed by atoms with van der Waals surface area (Å²) in [6.07, 6.45) is 5.58. The van der Waals surface area contributed by atoms with Gasteiger partial charge in [0.2, 0.25) is 0 Å². The minimum Gasteiger partial charge on any atom is -0.491 e. The standard InChI is InChI=1S/C13H17BrO/c1-11(2)15-13-8-6-12(7-9-13)5-3-4-10-14/h3,5-9,11H,4,10H2,1-2H3/b5-3+. The number of ether oxygens (including phenoxy) is 1. The van der Waals surface area contributed by atoms with Gasteiger partial charge in [-0.1, -0.05) is 40.2 Å². The Kier molecular flexibility index (Phi) is 5.48. The molecule has 0 aliphatic carbocycles. The van der Waals surface area contributed by atoms with Crippen molar-refractivity contribution in [1.82, 2.24) is 0 Å². The summed E-state index contributed by atoms with van der Waals surface area (Å²) in [5, 5.41) is 1.01. The van der Waals surface area contributed by atoms with Crippen molar-refractivity contribution in [2.75, 3.05) is 5.33 Å². The number of alkyl halides is 1. The highest BCUT2D eigenvalue weighted by atomic mass is 79.9. The highest BCUT2D eigenvalue weighted by Gasteiger charge is 1.95. The Bertz CT molecular complexity index is 301. The van der Waals surface area contributed by atoms with E-state index in [1.807, 2.05) is 26.0 Å². The molecule has 0 spiro atoms. The zero-order valence-corrected chi connectivity index (χ0v) is 10.8. The molecule has 0 aliphatic rings. The fraction of sp³-hybridized carbons (Fsp3) is 0.385. The van der Waals surface area contributed by atoms with Gasteiger partial charge in [0.15, 0.2) is 0 Å². The fourth-order valence-corrected chi connectivity index (χ4v) is 1.48. The van der Waals surface area contributed by atoms with Gasteiger partial charge in [-0.3, -0.25) is 0 Å². The monoisotopic (exact) mass is 268 g/mol. The van der Waals surface area contributed by atoms with E-state index in [1.54, 1.807) is 0 Å². The maximum absolute atomic E-state index is 5.56. The second-order valence-corrected chi connectivity index (χ2v) is 4.41. The molecule has 0 heterocycles. The quantitative estimate of drug-likeness (QED) is 0.725. The minimum absolute atomic E-state index is 0.236. The van der Waals surface area contributed by atoms with Gasteiger partial charge in [-0.25, -0.2) is 0 Å². The molecule has 15 heavy (non-hydrogen) atoms. The molecule has 1 nitrogen and oxygen atoms in total. The first kappa shape index (κ1) is 12.3. The van der Waals surface area contributed by atoms with Gasteiger partial charge < -0.3 is 4.74 Å². The van der Waals surface area contributed by atoms with Gasteiger partial charge >= 0.3 is 0 Å². The molecule has 0 bridgehead atoms. The van der Waals surface area contributed by atoms with Crippen LogP contribution in [0.1, 0.15) is 25.8 Å². The predicted octanol–water partition coefficient (Wildman–Crippen LogP) is 4.27. The first-order valence-corrected chi connectivity index (χ1v) is 6.33. The summed E-state index contributed by atoms with van der Waals surface area (Å²) >= 11 is 3.39. The van der Waals surface area contributed by atoms with Gasteiger partial charge in [0, 0.05) is 5.33 Å². The van der Waals surface area contributed by atoms with Crippen LogP contribution >= 0.6 is 15.9 Å². The van der Waals surface area contributed by atoms with Gasteiger partial charge in [0.25, 0.3) is 0 Å². The molecule has 1 aromatic rings. The van der Waals surface area contributed by atoms with Crippen molar-refractivity contribution in [2.24, 2.45) is 0 Å². The van der Waals surface area contributed by atoms with Crippen molar-refractivity contribution in [3.05, 3.63) is 35.9 Å². The maximum Gasteiger partial charge on any atom is 0.119 e. The fourth-order valence-electron chi connectivity index (χ4n) is 1.21. The van der Waals surface area contributed by atoms with E-state index in [1.165, 1.54) is 5.56 Å². The molecule has 0 saturated heterocycles. The molecule has 0 aromatic heterocycles. The minimum atomic E-state index is 0.236. The molecule has 0 N–H and O–H groups in total. The van der Waals surface area contributed by atoms with Crippen molar-refractivity contribution < 1.29 is 4.74 Å². The van der Waals surface area contributed by atoms with Gasteiger partial charge in [0.05, 0.1) is 6.10 Å². The van der Waals surface area contributed by atoms with Crippen LogP contribution in [0.4, 0.5) is 0 Å². The van der Waals surface area contributed by atoms with E-state index in [9.17, 15) is 0 Å². The smallest absolute Gasteiger partial charge is 0.119 e. The lowest BCUT2D eigenvalue weighted by Crippen LogP contribution is -2.05. The zero-order valence-electron chi connectivity index (χ0n) is 9.24. The summed E-state index contributed by atoms with van der Waals surface area (Å²) < 4.78 is 5.56. The number of hydrogen-bond donors (Lipinski definition) is 0. The third kappa shape index (κ3) is 5.03. The third-order valence-electron chi connectivity index (χ3n) is 1.84. The lowest BCUT2D eigenvalue weighted by atomic mass is 10.2. The normalized spacial score (nSPS) is 11.2. The molecular weight excluding hydrogens is 252 g/mol. The van der Waals surface area contributed by atoms with E-state index in [4.69, 9.17) is 4.74 Å². The van der Waals surface area contributed by atoms with E-state index >= 15 is 0 Å². The number of halogens is 1. The summed E-state index contributed by atoms with van der Waals surface area (Å²) in [7, 11) is 0. The predicted molar refractivity (Wildman–Crippen MR) is 69.7 cm³/mol. The first-order valence-electron chi connectivity index (χ1n) is 5.21. The van der Waals surface area contributed by atoms with E-state index < -0.39 is 0 Å². The topological polar surface area (TPSA) is 9.23 Å². The second-order valence-electron chi connectivity index (χ2n) is 3.62. The molecule has 0 saturated carbocycles. The molecule has 0 unspecified atom stereocenters. The van der Waals surface area contributed by atoms with Crippen LogP contribution in [-0.4, -0.2) is 11.4 Å². The lowest BCUT2D eigenvalue weighted by molar-refractivity contribution is 0.242. The van der Waals surface area contributed by atoms with Gasteiger partial charge in [-0.2, -0.15) is 0 Å². The molecule has 0 aliphatic heterocycles. The van der Waals surface area contributed by atoms with Crippen molar-refractivity contribution in [2.45, 2.75) is 26.4 Å². The van der Waals surface area contributed by atoms with Crippen LogP contribution in [0, 0.1) is 0 Å². The molecule has 1 aromatic carbocycles. The van der Waals surface area contributed by atoms with Crippen LogP contribution in [0.3, 0.4) is 0 Å². The van der Waals surface area contributed by atoms with Crippen molar-refractivity contribution in [1.29, 1.82) is 0 Å². The lowest BCUT2D eigenvalue weighted by Gasteiger charge is -2.09. The van der Waals surface area contributed by atoms with Crippen LogP contribution in [0.2, 0.25) is 0 Å². The second kappa shape index (κ2) is 6.67. The highest BCUT2D eigenvalue weighted by Crippen LogP contribution is 2.14. The molecule has 0 fully saturated rings. The SMILES string of the molecule is CC(C)Oc1ccc(/C=C/CCBr)cc1. The molecule has 0 radical (unpaired) electrons. The largest absolute Gasteiger partial charge is 0.491 e. The molecule has 1 rings (SSSR count). The maximum atomic E-state index is 5.56. The summed E-state index contributed by atoms with van der Waals surface area (Å²) in [6, 6.07) is 8.16. The average molecular weight is 269 g/mol. The Balaban J connectivity index is 2.56. The number of allylic oxidation sites excluding steroid dienone is 1. The van der Waals surface area contributed by atoms with Crippen LogP contribution in [0.5, 0.6) is 5.75 Å². The van der Waals surface area contributed by atoms with Gasteiger partial charge in [-0.15, -0.1) is 0 Å².